The highest BCUT2D eigenvalue weighted by atomic mass is 16.2. The zero-order valence-electron chi connectivity index (χ0n) is 10.7. The topological polar surface area (TPSA) is 56.4 Å². The molecule has 0 aromatic carbocycles. The molecule has 2 rings (SSSR count). The molecular formula is C13H19N3O2. The van der Waals surface area contributed by atoms with Crippen molar-refractivity contribution in [2.75, 3.05) is 26.2 Å². The lowest BCUT2D eigenvalue weighted by Gasteiger charge is -2.34. The van der Waals surface area contributed by atoms with Crippen molar-refractivity contribution in [3.63, 3.8) is 0 Å². The molecule has 1 aliphatic rings. The van der Waals surface area contributed by atoms with Crippen LogP contribution in [0.15, 0.2) is 23.1 Å². The van der Waals surface area contributed by atoms with E-state index in [1.54, 1.807) is 12.3 Å². The second-order valence-corrected chi connectivity index (χ2v) is 4.57. The molecule has 1 fully saturated rings. The second kappa shape index (κ2) is 5.82. The summed E-state index contributed by atoms with van der Waals surface area (Å²) in [4.78, 5) is 29.4. The number of aromatic nitrogens is 1. The fourth-order valence-corrected chi connectivity index (χ4v) is 2.18. The summed E-state index contributed by atoms with van der Waals surface area (Å²) in [6.07, 6.45) is 2.34. The number of pyridine rings is 1. The molecule has 1 aromatic heterocycles. The van der Waals surface area contributed by atoms with Gasteiger partial charge >= 0.3 is 0 Å². The van der Waals surface area contributed by atoms with Gasteiger partial charge in [-0.15, -0.1) is 0 Å². The lowest BCUT2D eigenvalue weighted by Crippen LogP contribution is -2.48. The van der Waals surface area contributed by atoms with E-state index in [0.29, 0.717) is 6.42 Å². The van der Waals surface area contributed by atoms with Crippen LogP contribution in [-0.4, -0.2) is 46.9 Å². The molecule has 18 heavy (non-hydrogen) atoms. The van der Waals surface area contributed by atoms with Crippen molar-refractivity contribution >= 4 is 5.91 Å². The van der Waals surface area contributed by atoms with E-state index in [1.165, 1.54) is 0 Å². The van der Waals surface area contributed by atoms with E-state index in [2.05, 4.69) is 9.88 Å². The summed E-state index contributed by atoms with van der Waals surface area (Å²) in [5.41, 5.74) is 1.03. The molecule has 0 radical (unpaired) electrons. The van der Waals surface area contributed by atoms with Crippen LogP contribution in [0.4, 0.5) is 0 Å². The first-order valence-corrected chi connectivity index (χ1v) is 6.37. The lowest BCUT2D eigenvalue weighted by molar-refractivity contribution is -0.132. The Balaban J connectivity index is 1.85. The van der Waals surface area contributed by atoms with E-state index in [4.69, 9.17) is 0 Å². The predicted octanol–water partition coefficient (Wildman–Crippen LogP) is 0.429. The molecule has 1 aromatic rings. The van der Waals surface area contributed by atoms with Gasteiger partial charge in [0.25, 0.3) is 0 Å². The molecule has 98 valence electrons. The Morgan fingerprint density at radius 2 is 2.00 bits per heavy atom. The van der Waals surface area contributed by atoms with Crippen LogP contribution in [0, 0.1) is 0 Å². The molecule has 2 heterocycles. The number of nitrogens with zero attached hydrogens (tertiary/aromatic N) is 2. The van der Waals surface area contributed by atoms with E-state index in [-0.39, 0.29) is 11.5 Å². The van der Waals surface area contributed by atoms with Gasteiger partial charge in [0.05, 0.1) is 0 Å². The third-order valence-corrected chi connectivity index (χ3v) is 3.28. The van der Waals surface area contributed by atoms with Gasteiger partial charge in [-0.3, -0.25) is 14.5 Å². The minimum Gasteiger partial charge on any atom is -0.340 e. The molecule has 0 spiro atoms. The summed E-state index contributed by atoms with van der Waals surface area (Å²) in [6.45, 7) is 6.11. The largest absolute Gasteiger partial charge is 0.340 e. The number of amides is 1. The zero-order chi connectivity index (χ0) is 13.0. The molecule has 0 bridgehead atoms. The highest BCUT2D eigenvalue weighted by Crippen LogP contribution is 2.07. The van der Waals surface area contributed by atoms with Crippen LogP contribution in [0.25, 0.3) is 0 Å². The van der Waals surface area contributed by atoms with E-state index >= 15 is 0 Å². The first-order valence-electron chi connectivity index (χ1n) is 6.37. The van der Waals surface area contributed by atoms with Crippen LogP contribution in [-0.2, 0) is 11.3 Å². The zero-order valence-corrected chi connectivity index (χ0v) is 10.7. The van der Waals surface area contributed by atoms with Crippen molar-refractivity contribution in [1.29, 1.82) is 0 Å². The molecule has 0 atom stereocenters. The Kier molecular flexibility index (Phi) is 4.15. The first kappa shape index (κ1) is 12.8. The highest BCUT2D eigenvalue weighted by molar-refractivity contribution is 5.75. The maximum atomic E-state index is 11.5. The van der Waals surface area contributed by atoms with Crippen LogP contribution < -0.4 is 5.56 Å². The second-order valence-electron chi connectivity index (χ2n) is 4.57. The van der Waals surface area contributed by atoms with Gasteiger partial charge < -0.3 is 9.88 Å². The summed E-state index contributed by atoms with van der Waals surface area (Å²) in [5.74, 6) is 0.235. The standard InChI is InChI=1S/C13H19N3O2/c1-2-13(18)16-7-5-15(6-8-16)10-11-3-4-12(17)14-9-11/h3-4,9H,2,5-8,10H2,1H3,(H,14,17). The van der Waals surface area contributed by atoms with Crippen molar-refractivity contribution < 1.29 is 4.79 Å². The van der Waals surface area contributed by atoms with Crippen molar-refractivity contribution in [2.24, 2.45) is 0 Å². The molecule has 1 amide bonds. The Hall–Kier alpha value is -1.62. The lowest BCUT2D eigenvalue weighted by atomic mass is 10.2. The summed E-state index contributed by atoms with van der Waals surface area (Å²) in [6, 6.07) is 3.40. The maximum Gasteiger partial charge on any atom is 0.247 e. The fourth-order valence-electron chi connectivity index (χ4n) is 2.18. The van der Waals surface area contributed by atoms with Crippen LogP contribution in [0.2, 0.25) is 0 Å². The number of carbonyl (C=O) groups is 1. The van der Waals surface area contributed by atoms with Crippen molar-refractivity contribution in [3.05, 3.63) is 34.2 Å². The van der Waals surface area contributed by atoms with Crippen LogP contribution >= 0.6 is 0 Å². The van der Waals surface area contributed by atoms with Gasteiger partial charge in [0.1, 0.15) is 0 Å². The molecule has 1 saturated heterocycles. The van der Waals surface area contributed by atoms with Crippen LogP contribution in [0.5, 0.6) is 0 Å². The molecule has 5 nitrogen and oxygen atoms in total. The minimum absolute atomic E-state index is 0.0721. The van der Waals surface area contributed by atoms with Gasteiger partial charge in [0.15, 0.2) is 0 Å². The number of piperazine rings is 1. The van der Waals surface area contributed by atoms with Crippen LogP contribution in [0.1, 0.15) is 18.9 Å². The molecule has 0 unspecified atom stereocenters. The van der Waals surface area contributed by atoms with Gasteiger partial charge in [-0.1, -0.05) is 13.0 Å². The third-order valence-electron chi connectivity index (χ3n) is 3.28. The van der Waals surface area contributed by atoms with E-state index in [1.807, 2.05) is 17.9 Å². The normalized spacial score (nSPS) is 16.8. The fraction of sp³-hybridized carbons (Fsp3) is 0.538. The van der Waals surface area contributed by atoms with Crippen molar-refractivity contribution in [1.82, 2.24) is 14.8 Å². The number of rotatable bonds is 3. The Morgan fingerprint density at radius 3 is 2.56 bits per heavy atom. The number of hydrogen-bond acceptors (Lipinski definition) is 3. The number of carbonyl (C=O) groups excluding carboxylic acids is 1. The predicted molar refractivity (Wildman–Crippen MR) is 69.2 cm³/mol. The van der Waals surface area contributed by atoms with E-state index in [9.17, 15) is 9.59 Å². The summed E-state index contributed by atoms with van der Waals surface area (Å²) in [7, 11) is 0. The summed E-state index contributed by atoms with van der Waals surface area (Å²) in [5, 5.41) is 0. The maximum absolute atomic E-state index is 11.5. The van der Waals surface area contributed by atoms with Crippen molar-refractivity contribution in [2.45, 2.75) is 19.9 Å². The van der Waals surface area contributed by atoms with Crippen molar-refractivity contribution in [3.8, 4) is 0 Å². The third kappa shape index (κ3) is 3.20. The first-order chi connectivity index (χ1) is 8.69. The molecule has 1 aliphatic heterocycles. The number of nitrogens with one attached hydrogen (secondary N) is 1. The van der Waals surface area contributed by atoms with Crippen LogP contribution in [0.3, 0.4) is 0 Å². The van der Waals surface area contributed by atoms with E-state index < -0.39 is 0 Å². The number of H-pyrrole nitrogens is 1. The van der Waals surface area contributed by atoms with Gasteiger partial charge in [-0.05, 0) is 5.56 Å². The number of hydrogen-bond donors (Lipinski definition) is 1. The Morgan fingerprint density at radius 1 is 1.28 bits per heavy atom. The SMILES string of the molecule is CCC(=O)N1CCN(Cc2ccc(=O)[nH]c2)CC1. The molecule has 5 heteroatoms. The Bertz CT molecular complexity index is 441. The summed E-state index contributed by atoms with van der Waals surface area (Å²) >= 11 is 0. The highest BCUT2D eigenvalue weighted by Gasteiger charge is 2.19. The average Bonchev–Trinajstić information content (AvgIpc) is 2.41. The molecular weight excluding hydrogens is 230 g/mol. The van der Waals surface area contributed by atoms with Gasteiger partial charge in [0.2, 0.25) is 11.5 Å². The smallest absolute Gasteiger partial charge is 0.247 e. The van der Waals surface area contributed by atoms with E-state index in [0.717, 1.165) is 38.3 Å². The average molecular weight is 249 g/mol. The van der Waals surface area contributed by atoms with Gasteiger partial charge in [0, 0.05) is 51.4 Å². The van der Waals surface area contributed by atoms with Gasteiger partial charge in [-0.2, -0.15) is 0 Å². The number of aromatic amines is 1. The minimum atomic E-state index is -0.0721. The molecule has 1 N–H and O–H groups in total. The molecule has 0 saturated carbocycles. The Labute approximate surface area is 106 Å². The van der Waals surface area contributed by atoms with Gasteiger partial charge in [-0.25, -0.2) is 0 Å². The quantitative estimate of drug-likeness (QED) is 0.845. The summed E-state index contributed by atoms with van der Waals surface area (Å²) < 4.78 is 0. The monoisotopic (exact) mass is 249 g/mol. The molecule has 0 aliphatic carbocycles.